The van der Waals surface area contributed by atoms with Crippen LogP contribution in [0.25, 0.3) is 60.5 Å². The van der Waals surface area contributed by atoms with Crippen molar-refractivity contribution < 1.29 is 0 Å². The van der Waals surface area contributed by atoms with Crippen LogP contribution in [0, 0.1) is 0 Å². The Bertz CT molecular complexity index is 3020. The molecular formula is C52H35N3. The molecule has 0 N–H and O–H groups in total. The molecule has 55 heavy (non-hydrogen) atoms. The number of hydrogen-bond donors (Lipinski definition) is 0. The topological polar surface area (TPSA) is 11.4 Å². The fourth-order valence-electron chi connectivity index (χ4n) is 8.62. The summed E-state index contributed by atoms with van der Waals surface area (Å²) in [6, 6.07) is 76.9. The maximum Gasteiger partial charge on any atom is 0.0546 e. The molecule has 11 rings (SSSR count). The smallest absolute Gasteiger partial charge is 0.0546 e. The fraction of sp³-hybridized carbons (Fsp3) is 0. The number of anilines is 6. The lowest BCUT2D eigenvalue weighted by Crippen LogP contribution is -2.15. The SMILES string of the molecule is c1ccc(N(c2ccc(-c3ccc4c(c3)N(c3ccccc3)c3cccc5cccc-4c35)cc2)c2ccc3c(c2)c2ccccc2n3-c2ccccc2)cc1. The first-order valence-electron chi connectivity index (χ1n) is 18.9. The summed E-state index contributed by atoms with van der Waals surface area (Å²) in [5.41, 5.74) is 15.3. The molecule has 0 aliphatic carbocycles. The van der Waals surface area contributed by atoms with Crippen LogP contribution in [-0.2, 0) is 0 Å². The van der Waals surface area contributed by atoms with E-state index in [9.17, 15) is 0 Å². The van der Waals surface area contributed by atoms with Crippen LogP contribution in [-0.4, -0.2) is 4.57 Å². The predicted octanol–water partition coefficient (Wildman–Crippen LogP) is 14.5. The quantitative estimate of drug-likeness (QED) is 0.171. The Labute approximate surface area is 320 Å². The van der Waals surface area contributed by atoms with E-state index in [1.54, 1.807) is 0 Å². The lowest BCUT2D eigenvalue weighted by atomic mass is 9.89. The Morgan fingerprint density at radius 2 is 0.964 bits per heavy atom. The van der Waals surface area contributed by atoms with Crippen molar-refractivity contribution in [3.63, 3.8) is 0 Å². The Kier molecular flexibility index (Phi) is 7.17. The van der Waals surface area contributed by atoms with Gasteiger partial charge in [-0.1, -0.05) is 127 Å². The number of aromatic nitrogens is 1. The highest BCUT2D eigenvalue weighted by molar-refractivity contribution is 6.14. The lowest BCUT2D eigenvalue weighted by molar-refractivity contribution is 1.18. The van der Waals surface area contributed by atoms with Gasteiger partial charge >= 0.3 is 0 Å². The zero-order chi connectivity index (χ0) is 36.3. The Morgan fingerprint density at radius 1 is 0.345 bits per heavy atom. The second-order valence-electron chi connectivity index (χ2n) is 14.2. The molecule has 1 aromatic heterocycles. The summed E-state index contributed by atoms with van der Waals surface area (Å²) in [4.78, 5) is 4.78. The van der Waals surface area contributed by atoms with E-state index in [1.807, 2.05) is 0 Å². The van der Waals surface area contributed by atoms with Gasteiger partial charge < -0.3 is 14.4 Å². The van der Waals surface area contributed by atoms with Crippen LogP contribution in [0.15, 0.2) is 212 Å². The minimum absolute atomic E-state index is 1.10. The number of fused-ring (bicyclic) bond motifs is 5. The van der Waals surface area contributed by atoms with Crippen molar-refractivity contribution in [2.75, 3.05) is 9.80 Å². The molecule has 0 fully saturated rings. The Hall–Kier alpha value is -7.36. The highest BCUT2D eigenvalue weighted by atomic mass is 15.2. The summed E-state index contributed by atoms with van der Waals surface area (Å²) in [5.74, 6) is 0. The third-order valence-electron chi connectivity index (χ3n) is 11.1. The van der Waals surface area contributed by atoms with Gasteiger partial charge in [0.1, 0.15) is 0 Å². The van der Waals surface area contributed by atoms with Gasteiger partial charge in [-0.05, 0) is 107 Å². The highest BCUT2D eigenvalue weighted by Gasteiger charge is 2.26. The van der Waals surface area contributed by atoms with Crippen molar-refractivity contribution in [3.8, 4) is 27.9 Å². The molecule has 3 nitrogen and oxygen atoms in total. The van der Waals surface area contributed by atoms with Crippen LogP contribution in [0.2, 0.25) is 0 Å². The fourth-order valence-corrected chi connectivity index (χ4v) is 8.62. The van der Waals surface area contributed by atoms with Crippen LogP contribution < -0.4 is 9.80 Å². The summed E-state index contributed by atoms with van der Waals surface area (Å²) in [6.07, 6.45) is 0. The summed E-state index contributed by atoms with van der Waals surface area (Å²) >= 11 is 0. The zero-order valence-corrected chi connectivity index (χ0v) is 30.0. The van der Waals surface area contributed by atoms with Crippen molar-refractivity contribution in [2.24, 2.45) is 0 Å². The van der Waals surface area contributed by atoms with E-state index in [1.165, 1.54) is 66.2 Å². The third-order valence-corrected chi connectivity index (χ3v) is 11.1. The van der Waals surface area contributed by atoms with E-state index >= 15 is 0 Å². The standard InChI is InChI=1S/C52H35N3/c1-4-16-39(17-5-1)53(43-31-33-49-47(35-43)44-22-10-11-24-48(44)54(49)40-18-6-2-7-19-40)42-29-26-36(27-30-42)38-28-32-45-46-23-12-14-37-15-13-25-50(52(37)46)55(51(45)34-38)41-20-8-3-9-21-41/h1-35H. The second kappa shape index (κ2) is 12.6. The Morgan fingerprint density at radius 3 is 1.75 bits per heavy atom. The van der Waals surface area contributed by atoms with E-state index in [4.69, 9.17) is 0 Å². The molecule has 0 saturated heterocycles. The molecule has 0 spiro atoms. The van der Waals surface area contributed by atoms with E-state index in [-0.39, 0.29) is 0 Å². The molecular weight excluding hydrogens is 667 g/mol. The van der Waals surface area contributed by atoms with E-state index in [0.717, 1.165) is 28.4 Å². The van der Waals surface area contributed by atoms with Gasteiger partial charge in [-0.25, -0.2) is 0 Å². The first-order chi connectivity index (χ1) is 27.3. The van der Waals surface area contributed by atoms with Gasteiger partial charge in [0.25, 0.3) is 0 Å². The van der Waals surface area contributed by atoms with E-state index in [2.05, 4.69) is 227 Å². The van der Waals surface area contributed by atoms with Crippen molar-refractivity contribution in [1.29, 1.82) is 0 Å². The number of hydrogen-bond acceptors (Lipinski definition) is 2. The molecule has 1 aliphatic heterocycles. The first-order valence-corrected chi connectivity index (χ1v) is 18.9. The zero-order valence-electron chi connectivity index (χ0n) is 30.0. The largest absolute Gasteiger partial charge is 0.310 e. The molecule has 1 aliphatic rings. The number of benzene rings is 9. The normalized spacial score (nSPS) is 12.0. The van der Waals surface area contributed by atoms with Crippen LogP contribution in [0.3, 0.4) is 0 Å². The summed E-state index contributed by atoms with van der Waals surface area (Å²) in [7, 11) is 0. The molecule has 258 valence electrons. The van der Waals surface area contributed by atoms with Crippen LogP contribution in [0.1, 0.15) is 0 Å². The number of nitrogens with zero attached hydrogens (tertiary/aromatic N) is 3. The molecule has 9 aromatic carbocycles. The molecule has 3 heteroatoms. The van der Waals surface area contributed by atoms with Crippen molar-refractivity contribution >= 4 is 66.7 Å². The average molecular weight is 702 g/mol. The van der Waals surface area contributed by atoms with Crippen molar-refractivity contribution in [2.45, 2.75) is 0 Å². The molecule has 0 saturated carbocycles. The van der Waals surface area contributed by atoms with Gasteiger partial charge in [0.05, 0.1) is 22.4 Å². The van der Waals surface area contributed by atoms with Crippen LogP contribution >= 0.6 is 0 Å². The summed E-state index contributed by atoms with van der Waals surface area (Å²) in [6.45, 7) is 0. The minimum Gasteiger partial charge on any atom is -0.310 e. The average Bonchev–Trinajstić information content (AvgIpc) is 3.59. The van der Waals surface area contributed by atoms with Gasteiger partial charge in [0.2, 0.25) is 0 Å². The second-order valence-corrected chi connectivity index (χ2v) is 14.2. The van der Waals surface area contributed by atoms with Crippen molar-refractivity contribution in [1.82, 2.24) is 4.57 Å². The summed E-state index contributed by atoms with van der Waals surface area (Å²) < 4.78 is 2.37. The molecule has 0 radical (unpaired) electrons. The van der Waals surface area contributed by atoms with Gasteiger partial charge in [-0.15, -0.1) is 0 Å². The first kappa shape index (κ1) is 31.2. The van der Waals surface area contributed by atoms with Gasteiger partial charge in [0, 0.05) is 50.2 Å². The molecule has 2 heterocycles. The highest BCUT2D eigenvalue weighted by Crippen LogP contribution is 2.52. The number of para-hydroxylation sites is 4. The third kappa shape index (κ3) is 5.05. The molecule has 10 aromatic rings. The molecule has 0 atom stereocenters. The maximum absolute atomic E-state index is 2.42. The lowest BCUT2D eigenvalue weighted by Gasteiger charge is -2.34. The van der Waals surface area contributed by atoms with Crippen LogP contribution in [0.5, 0.6) is 0 Å². The molecule has 0 unspecified atom stereocenters. The van der Waals surface area contributed by atoms with E-state index in [0.29, 0.717) is 0 Å². The predicted molar refractivity (Wildman–Crippen MR) is 232 cm³/mol. The number of rotatable bonds is 6. The van der Waals surface area contributed by atoms with Gasteiger partial charge in [0.15, 0.2) is 0 Å². The summed E-state index contributed by atoms with van der Waals surface area (Å²) in [5, 5.41) is 5.01. The minimum atomic E-state index is 1.10. The van der Waals surface area contributed by atoms with E-state index < -0.39 is 0 Å². The Balaban J connectivity index is 1.02. The van der Waals surface area contributed by atoms with Crippen LogP contribution in [0.4, 0.5) is 34.1 Å². The van der Waals surface area contributed by atoms with Gasteiger partial charge in [-0.3, -0.25) is 0 Å². The monoisotopic (exact) mass is 701 g/mol. The van der Waals surface area contributed by atoms with Crippen molar-refractivity contribution in [3.05, 3.63) is 212 Å². The molecule has 0 bridgehead atoms. The molecule has 0 amide bonds. The van der Waals surface area contributed by atoms with Gasteiger partial charge in [-0.2, -0.15) is 0 Å². The maximum atomic E-state index is 2.42.